The smallest absolute Gasteiger partial charge is 0.0661 e. The molecule has 2 rings (SSSR count). The van der Waals surface area contributed by atoms with E-state index in [2.05, 4.69) is 26.8 Å². The standard InChI is InChI=1S/C15H25N/c1-4-11(2)12-7-8-15(3)13(9-12)5-6-14(15)10-16/h11-14H,4-9H2,1-3H3/t11-,12?,13?,14+,15-/m0/s1. The van der Waals surface area contributed by atoms with Crippen molar-refractivity contribution in [3.63, 3.8) is 0 Å². The summed E-state index contributed by atoms with van der Waals surface area (Å²) in [5, 5.41) is 9.24. The van der Waals surface area contributed by atoms with Crippen LogP contribution in [-0.4, -0.2) is 0 Å². The van der Waals surface area contributed by atoms with Gasteiger partial charge in [-0.25, -0.2) is 0 Å². The molecule has 1 heteroatoms. The minimum Gasteiger partial charge on any atom is -0.198 e. The highest BCUT2D eigenvalue weighted by atomic mass is 14.5. The lowest BCUT2D eigenvalue weighted by molar-refractivity contribution is 0.0671. The van der Waals surface area contributed by atoms with Crippen LogP contribution in [0.5, 0.6) is 0 Å². The van der Waals surface area contributed by atoms with Crippen molar-refractivity contribution in [2.45, 2.75) is 59.3 Å². The fourth-order valence-electron chi connectivity index (χ4n) is 4.12. The van der Waals surface area contributed by atoms with Crippen LogP contribution in [-0.2, 0) is 0 Å². The maximum absolute atomic E-state index is 9.24. The van der Waals surface area contributed by atoms with Crippen molar-refractivity contribution in [2.75, 3.05) is 0 Å². The fraction of sp³-hybridized carbons (Fsp3) is 0.933. The first kappa shape index (κ1) is 12.0. The van der Waals surface area contributed by atoms with Crippen LogP contribution in [0.25, 0.3) is 0 Å². The third kappa shape index (κ3) is 1.77. The Hall–Kier alpha value is -0.510. The number of nitriles is 1. The van der Waals surface area contributed by atoms with E-state index in [1.807, 2.05) is 0 Å². The van der Waals surface area contributed by atoms with Gasteiger partial charge in [-0.05, 0) is 55.3 Å². The molecule has 0 amide bonds. The van der Waals surface area contributed by atoms with Crippen molar-refractivity contribution in [3.8, 4) is 6.07 Å². The molecular formula is C15H25N. The molecule has 2 fully saturated rings. The quantitative estimate of drug-likeness (QED) is 0.675. The Kier molecular flexibility index (Phi) is 3.29. The van der Waals surface area contributed by atoms with Gasteiger partial charge < -0.3 is 0 Å². The van der Waals surface area contributed by atoms with Gasteiger partial charge in [0.05, 0.1) is 12.0 Å². The molecule has 16 heavy (non-hydrogen) atoms. The second-order valence-corrected chi connectivity index (χ2v) is 6.38. The number of nitrogens with zero attached hydrogens (tertiary/aromatic N) is 1. The fourth-order valence-corrected chi connectivity index (χ4v) is 4.12. The van der Waals surface area contributed by atoms with Crippen molar-refractivity contribution >= 4 is 0 Å². The van der Waals surface area contributed by atoms with Gasteiger partial charge in [-0.3, -0.25) is 0 Å². The normalized spacial score (nSPS) is 44.8. The molecule has 0 spiro atoms. The molecule has 0 aromatic carbocycles. The van der Waals surface area contributed by atoms with Crippen LogP contribution in [0.1, 0.15) is 59.3 Å². The Labute approximate surface area is 100 Å². The average Bonchev–Trinajstić information content (AvgIpc) is 2.63. The Balaban J connectivity index is 2.06. The van der Waals surface area contributed by atoms with Crippen molar-refractivity contribution < 1.29 is 0 Å². The predicted molar refractivity (Wildman–Crippen MR) is 66.7 cm³/mol. The summed E-state index contributed by atoms with van der Waals surface area (Å²) in [4.78, 5) is 0. The van der Waals surface area contributed by atoms with Gasteiger partial charge in [-0.2, -0.15) is 5.26 Å². The van der Waals surface area contributed by atoms with E-state index in [0.717, 1.165) is 24.2 Å². The van der Waals surface area contributed by atoms with E-state index in [0.29, 0.717) is 11.3 Å². The molecule has 0 N–H and O–H groups in total. The van der Waals surface area contributed by atoms with Crippen molar-refractivity contribution in [3.05, 3.63) is 0 Å². The molecule has 0 saturated heterocycles. The highest BCUT2D eigenvalue weighted by Gasteiger charge is 2.49. The highest BCUT2D eigenvalue weighted by Crippen LogP contribution is 2.57. The average molecular weight is 219 g/mol. The molecule has 2 aliphatic carbocycles. The molecule has 2 saturated carbocycles. The van der Waals surface area contributed by atoms with E-state index < -0.39 is 0 Å². The Morgan fingerprint density at radius 3 is 2.75 bits per heavy atom. The predicted octanol–water partition coefficient (Wildman–Crippen LogP) is 4.39. The Morgan fingerprint density at radius 1 is 1.38 bits per heavy atom. The molecular weight excluding hydrogens is 194 g/mol. The summed E-state index contributed by atoms with van der Waals surface area (Å²) in [6.07, 6.45) is 7.83. The minimum absolute atomic E-state index is 0.343. The first-order chi connectivity index (χ1) is 7.61. The highest BCUT2D eigenvalue weighted by molar-refractivity contribution is 5.06. The zero-order valence-corrected chi connectivity index (χ0v) is 11.0. The van der Waals surface area contributed by atoms with Gasteiger partial charge in [-0.15, -0.1) is 0 Å². The SMILES string of the molecule is CC[C@H](C)C1CC[C@@]2(C)C(CC[C@@H]2C#N)C1. The van der Waals surface area contributed by atoms with Gasteiger partial charge in [0, 0.05) is 0 Å². The molecule has 90 valence electrons. The molecule has 0 aliphatic heterocycles. The minimum atomic E-state index is 0.343. The van der Waals surface area contributed by atoms with E-state index in [1.54, 1.807) is 0 Å². The summed E-state index contributed by atoms with van der Waals surface area (Å²) < 4.78 is 0. The topological polar surface area (TPSA) is 23.8 Å². The lowest BCUT2D eigenvalue weighted by Crippen LogP contribution is -2.35. The maximum Gasteiger partial charge on any atom is 0.0661 e. The molecule has 2 unspecified atom stereocenters. The molecule has 0 radical (unpaired) electrons. The molecule has 0 bridgehead atoms. The van der Waals surface area contributed by atoms with Crippen LogP contribution in [0.3, 0.4) is 0 Å². The van der Waals surface area contributed by atoms with Crippen LogP contribution in [0, 0.1) is 40.4 Å². The maximum atomic E-state index is 9.24. The first-order valence-corrected chi connectivity index (χ1v) is 7.01. The van der Waals surface area contributed by atoms with E-state index >= 15 is 0 Å². The van der Waals surface area contributed by atoms with Gasteiger partial charge >= 0.3 is 0 Å². The van der Waals surface area contributed by atoms with Crippen molar-refractivity contribution in [2.24, 2.45) is 29.1 Å². The van der Waals surface area contributed by atoms with Crippen molar-refractivity contribution in [1.29, 1.82) is 5.26 Å². The second-order valence-electron chi connectivity index (χ2n) is 6.38. The van der Waals surface area contributed by atoms with Gasteiger partial charge in [0.15, 0.2) is 0 Å². The zero-order chi connectivity index (χ0) is 11.8. The number of hydrogen-bond acceptors (Lipinski definition) is 1. The number of hydrogen-bond donors (Lipinski definition) is 0. The molecule has 0 aromatic rings. The third-order valence-corrected chi connectivity index (χ3v) is 5.78. The second kappa shape index (κ2) is 4.40. The van der Waals surface area contributed by atoms with Gasteiger partial charge in [-0.1, -0.05) is 27.2 Å². The zero-order valence-electron chi connectivity index (χ0n) is 11.0. The summed E-state index contributed by atoms with van der Waals surface area (Å²) in [7, 11) is 0. The summed E-state index contributed by atoms with van der Waals surface area (Å²) in [5.74, 6) is 2.99. The van der Waals surface area contributed by atoms with Gasteiger partial charge in [0.2, 0.25) is 0 Å². The first-order valence-electron chi connectivity index (χ1n) is 7.01. The number of fused-ring (bicyclic) bond motifs is 1. The lowest BCUT2D eigenvalue weighted by Gasteiger charge is -2.43. The molecule has 0 aromatic heterocycles. The van der Waals surface area contributed by atoms with E-state index in [-0.39, 0.29) is 0 Å². The number of rotatable bonds is 2. The summed E-state index contributed by atoms with van der Waals surface area (Å²) in [5.41, 5.74) is 0.360. The van der Waals surface area contributed by atoms with Crippen LogP contribution in [0.4, 0.5) is 0 Å². The van der Waals surface area contributed by atoms with Crippen LogP contribution < -0.4 is 0 Å². The van der Waals surface area contributed by atoms with E-state index in [9.17, 15) is 5.26 Å². The summed E-state index contributed by atoms with van der Waals surface area (Å²) in [6.45, 7) is 7.10. The molecule has 0 heterocycles. The monoisotopic (exact) mass is 219 g/mol. The largest absolute Gasteiger partial charge is 0.198 e. The van der Waals surface area contributed by atoms with Crippen LogP contribution >= 0.6 is 0 Å². The Morgan fingerprint density at radius 2 is 2.12 bits per heavy atom. The van der Waals surface area contributed by atoms with Gasteiger partial charge in [0.25, 0.3) is 0 Å². The summed E-state index contributed by atoms with van der Waals surface area (Å²) >= 11 is 0. The Bertz CT molecular complexity index is 290. The van der Waals surface area contributed by atoms with E-state index in [1.165, 1.54) is 32.1 Å². The molecule has 5 atom stereocenters. The molecule has 2 aliphatic rings. The van der Waals surface area contributed by atoms with E-state index in [4.69, 9.17) is 0 Å². The van der Waals surface area contributed by atoms with Crippen LogP contribution in [0.2, 0.25) is 0 Å². The van der Waals surface area contributed by atoms with Crippen LogP contribution in [0.15, 0.2) is 0 Å². The van der Waals surface area contributed by atoms with Crippen molar-refractivity contribution in [1.82, 2.24) is 0 Å². The van der Waals surface area contributed by atoms with Gasteiger partial charge in [0.1, 0.15) is 0 Å². The lowest BCUT2D eigenvalue weighted by atomic mass is 9.61. The summed E-state index contributed by atoms with van der Waals surface area (Å²) in [6, 6.07) is 2.56. The third-order valence-electron chi connectivity index (χ3n) is 5.78. The molecule has 1 nitrogen and oxygen atoms in total.